The van der Waals surface area contributed by atoms with Crippen LogP contribution in [0.5, 0.6) is 0 Å². The van der Waals surface area contributed by atoms with Gasteiger partial charge >= 0.3 is 0 Å². The molecule has 2 rings (SSSR count). The molecule has 20 heavy (non-hydrogen) atoms. The Morgan fingerprint density at radius 1 is 1.55 bits per heavy atom. The van der Waals surface area contributed by atoms with E-state index in [9.17, 15) is 4.79 Å². The Morgan fingerprint density at radius 3 is 2.90 bits per heavy atom. The van der Waals surface area contributed by atoms with E-state index >= 15 is 0 Å². The Bertz CT molecular complexity index is 522. The van der Waals surface area contributed by atoms with Crippen LogP contribution in [0.1, 0.15) is 24.2 Å². The molecule has 0 aliphatic carbocycles. The van der Waals surface area contributed by atoms with E-state index in [2.05, 4.69) is 15.9 Å². The predicted molar refractivity (Wildman–Crippen MR) is 84.7 cm³/mol. The molecule has 0 N–H and O–H groups in total. The lowest BCUT2D eigenvalue weighted by Gasteiger charge is -2.42. The Labute approximate surface area is 137 Å². The van der Waals surface area contributed by atoms with Crippen LogP contribution < -0.4 is 0 Å². The molecule has 1 amide bonds. The number of amides is 1. The first-order chi connectivity index (χ1) is 9.34. The van der Waals surface area contributed by atoms with E-state index in [0.717, 1.165) is 0 Å². The van der Waals surface area contributed by atoms with E-state index in [1.165, 1.54) is 0 Å². The van der Waals surface area contributed by atoms with Gasteiger partial charge in [-0.2, -0.15) is 0 Å². The summed E-state index contributed by atoms with van der Waals surface area (Å²) in [5.74, 6) is 0.266. The van der Waals surface area contributed by atoms with Crippen LogP contribution in [0, 0.1) is 0 Å². The zero-order valence-electron chi connectivity index (χ0n) is 11.3. The van der Waals surface area contributed by atoms with Gasteiger partial charge in [-0.1, -0.05) is 17.7 Å². The number of morpholine rings is 1. The number of hydrogen-bond donors (Lipinski definition) is 0. The largest absolute Gasteiger partial charge is 0.367 e. The molecule has 1 heterocycles. The Balaban J connectivity index is 2.26. The number of carbonyl (C=O) groups is 1. The van der Waals surface area contributed by atoms with Crippen molar-refractivity contribution in [2.45, 2.75) is 25.6 Å². The van der Waals surface area contributed by atoms with Crippen molar-refractivity contribution in [2.24, 2.45) is 0 Å². The maximum Gasteiger partial charge on any atom is 0.255 e. The topological polar surface area (TPSA) is 29.5 Å². The summed E-state index contributed by atoms with van der Waals surface area (Å²) in [6, 6.07) is 5.34. The molecule has 1 aromatic rings. The van der Waals surface area contributed by atoms with Crippen LogP contribution in [-0.2, 0) is 4.74 Å². The minimum Gasteiger partial charge on any atom is -0.367 e. The second-order valence-corrected chi connectivity index (χ2v) is 6.98. The van der Waals surface area contributed by atoms with Crippen molar-refractivity contribution in [1.82, 2.24) is 4.90 Å². The lowest BCUT2D eigenvalue weighted by atomic mass is 10.0. The summed E-state index contributed by atoms with van der Waals surface area (Å²) in [5.41, 5.74) is 0.0819. The average Bonchev–Trinajstić information content (AvgIpc) is 2.39. The number of carbonyl (C=O) groups excluding carboxylic acids is 1. The number of hydrogen-bond acceptors (Lipinski definition) is 2. The molecule has 0 aromatic heterocycles. The minimum absolute atomic E-state index is 0.0946. The third-order valence-electron chi connectivity index (χ3n) is 3.12. The highest BCUT2D eigenvalue weighted by atomic mass is 79.9. The fourth-order valence-electron chi connectivity index (χ4n) is 2.37. The van der Waals surface area contributed by atoms with Gasteiger partial charge in [0, 0.05) is 17.6 Å². The van der Waals surface area contributed by atoms with Crippen LogP contribution in [0.15, 0.2) is 22.7 Å². The third-order valence-corrected chi connectivity index (χ3v) is 4.76. The second kappa shape index (κ2) is 6.22. The summed E-state index contributed by atoms with van der Waals surface area (Å²) < 4.78 is 6.54. The highest BCUT2D eigenvalue weighted by molar-refractivity contribution is 9.10. The SMILES string of the molecule is CC1(C)CN(C(=O)c2cccc(Br)c2Cl)CC(CCl)O1. The van der Waals surface area contributed by atoms with Gasteiger partial charge in [0.2, 0.25) is 0 Å². The Kier molecular flexibility index (Phi) is 5.00. The lowest BCUT2D eigenvalue weighted by Crippen LogP contribution is -2.55. The van der Waals surface area contributed by atoms with Crippen molar-refractivity contribution in [2.75, 3.05) is 19.0 Å². The number of ether oxygens (including phenoxy) is 1. The summed E-state index contributed by atoms with van der Waals surface area (Å²) in [7, 11) is 0. The molecule has 1 aliphatic heterocycles. The van der Waals surface area contributed by atoms with E-state index in [1.54, 1.807) is 17.0 Å². The van der Waals surface area contributed by atoms with Crippen LogP contribution in [0.2, 0.25) is 5.02 Å². The quantitative estimate of drug-likeness (QED) is 0.726. The summed E-state index contributed by atoms with van der Waals surface area (Å²) in [4.78, 5) is 14.4. The molecular formula is C14H16BrCl2NO2. The van der Waals surface area contributed by atoms with Crippen LogP contribution in [0.25, 0.3) is 0 Å². The maximum absolute atomic E-state index is 12.6. The molecule has 6 heteroatoms. The first kappa shape index (κ1) is 16.1. The van der Waals surface area contributed by atoms with E-state index < -0.39 is 5.60 Å². The van der Waals surface area contributed by atoms with Gasteiger partial charge in [0.25, 0.3) is 5.91 Å². The van der Waals surface area contributed by atoms with Gasteiger partial charge in [-0.25, -0.2) is 0 Å². The molecule has 1 fully saturated rings. The number of nitrogens with zero attached hydrogens (tertiary/aromatic N) is 1. The highest BCUT2D eigenvalue weighted by Crippen LogP contribution is 2.29. The second-order valence-electron chi connectivity index (χ2n) is 5.44. The standard InChI is InChI=1S/C14H16BrCl2NO2/c1-14(2)8-18(7-9(6-16)20-14)13(19)10-4-3-5-11(15)12(10)17/h3-5,9H,6-8H2,1-2H3. The van der Waals surface area contributed by atoms with Gasteiger partial charge in [-0.05, 0) is 41.9 Å². The maximum atomic E-state index is 12.6. The van der Waals surface area contributed by atoms with Crippen molar-refractivity contribution in [3.05, 3.63) is 33.3 Å². The molecule has 3 nitrogen and oxygen atoms in total. The fourth-order valence-corrected chi connectivity index (χ4v) is 3.10. The van der Waals surface area contributed by atoms with Crippen LogP contribution in [-0.4, -0.2) is 41.5 Å². The molecule has 0 spiro atoms. The van der Waals surface area contributed by atoms with E-state index in [4.69, 9.17) is 27.9 Å². The Hall–Kier alpha value is -0.290. The lowest BCUT2D eigenvalue weighted by molar-refractivity contribution is -0.117. The third kappa shape index (κ3) is 3.48. The highest BCUT2D eigenvalue weighted by Gasteiger charge is 2.36. The molecule has 0 bridgehead atoms. The fraction of sp³-hybridized carbons (Fsp3) is 0.500. The van der Waals surface area contributed by atoms with Gasteiger partial charge in [0.1, 0.15) is 0 Å². The van der Waals surface area contributed by atoms with E-state index in [0.29, 0.717) is 34.0 Å². The van der Waals surface area contributed by atoms with Crippen molar-refractivity contribution in [1.29, 1.82) is 0 Å². The van der Waals surface area contributed by atoms with Gasteiger partial charge < -0.3 is 9.64 Å². The Morgan fingerprint density at radius 2 is 2.25 bits per heavy atom. The van der Waals surface area contributed by atoms with Crippen molar-refractivity contribution >= 4 is 45.0 Å². The van der Waals surface area contributed by atoms with Crippen molar-refractivity contribution in [3.8, 4) is 0 Å². The molecule has 1 atom stereocenters. The summed E-state index contributed by atoms with van der Waals surface area (Å²) in [5, 5.41) is 0.434. The molecule has 0 radical (unpaired) electrons. The van der Waals surface area contributed by atoms with Crippen molar-refractivity contribution in [3.63, 3.8) is 0 Å². The molecule has 1 saturated heterocycles. The van der Waals surface area contributed by atoms with Crippen LogP contribution >= 0.6 is 39.1 Å². The molecule has 110 valence electrons. The number of halogens is 3. The van der Waals surface area contributed by atoms with Crippen LogP contribution in [0.3, 0.4) is 0 Å². The molecule has 1 aromatic carbocycles. The zero-order chi connectivity index (χ0) is 14.9. The number of benzene rings is 1. The summed E-state index contributed by atoms with van der Waals surface area (Å²) in [6.45, 7) is 4.90. The van der Waals surface area contributed by atoms with Crippen molar-refractivity contribution < 1.29 is 9.53 Å². The summed E-state index contributed by atoms with van der Waals surface area (Å²) >= 11 is 15.4. The molecular weight excluding hydrogens is 365 g/mol. The summed E-state index contributed by atoms with van der Waals surface area (Å²) in [6.07, 6.45) is -0.157. The minimum atomic E-state index is -0.411. The van der Waals surface area contributed by atoms with Gasteiger partial charge in [-0.3, -0.25) is 4.79 Å². The monoisotopic (exact) mass is 379 g/mol. The smallest absolute Gasteiger partial charge is 0.255 e. The normalized spacial score (nSPS) is 21.9. The van der Waals surface area contributed by atoms with Gasteiger partial charge in [0.05, 0.1) is 28.2 Å². The number of rotatable bonds is 2. The first-order valence-electron chi connectivity index (χ1n) is 6.31. The van der Waals surface area contributed by atoms with Gasteiger partial charge in [0.15, 0.2) is 0 Å². The average molecular weight is 381 g/mol. The molecule has 0 saturated carbocycles. The number of alkyl halides is 1. The zero-order valence-corrected chi connectivity index (χ0v) is 14.4. The van der Waals surface area contributed by atoms with E-state index in [-0.39, 0.29) is 12.0 Å². The molecule has 1 aliphatic rings. The van der Waals surface area contributed by atoms with E-state index in [1.807, 2.05) is 19.9 Å². The van der Waals surface area contributed by atoms with Crippen LogP contribution in [0.4, 0.5) is 0 Å². The van der Waals surface area contributed by atoms with Gasteiger partial charge in [-0.15, -0.1) is 11.6 Å². The first-order valence-corrected chi connectivity index (χ1v) is 8.01. The predicted octanol–water partition coefficient (Wildman–Crippen LogP) is 3.96. The molecule has 1 unspecified atom stereocenters.